The molecule has 2 amide bonds. The molecule has 11 heteroatoms. The van der Waals surface area contributed by atoms with Gasteiger partial charge in [-0.2, -0.15) is 5.10 Å². The predicted octanol–water partition coefficient (Wildman–Crippen LogP) is 2.20. The topological polar surface area (TPSA) is 121 Å². The third-order valence-electron chi connectivity index (χ3n) is 5.48. The van der Waals surface area contributed by atoms with E-state index in [-0.39, 0.29) is 31.1 Å². The molecule has 186 valence electrons. The molecular weight excluding hydrogens is 454 g/mol. The van der Waals surface area contributed by atoms with E-state index in [9.17, 15) is 9.59 Å². The number of rotatable bonds is 10. The summed E-state index contributed by atoms with van der Waals surface area (Å²) in [5.74, 6) is 0.636. The van der Waals surface area contributed by atoms with Crippen LogP contribution in [-0.2, 0) is 20.9 Å². The monoisotopic (exact) mass is 483 g/mol. The molecular formula is C24H29N5O6. The summed E-state index contributed by atoms with van der Waals surface area (Å²) >= 11 is 0. The van der Waals surface area contributed by atoms with Crippen LogP contribution in [0.1, 0.15) is 17.7 Å². The number of aryl methyl sites for hydroxylation is 2. The van der Waals surface area contributed by atoms with Crippen molar-refractivity contribution in [2.75, 3.05) is 32.1 Å². The van der Waals surface area contributed by atoms with Gasteiger partial charge in [-0.05, 0) is 26.0 Å². The zero-order valence-electron chi connectivity index (χ0n) is 20.0. The van der Waals surface area contributed by atoms with Crippen LogP contribution in [0.2, 0.25) is 0 Å². The van der Waals surface area contributed by atoms with Gasteiger partial charge in [0.25, 0.3) is 5.91 Å². The quantitative estimate of drug-likeness (QED) is 0.466. The van der Waals surface area contributed by atoms with Gasteiger partial charge in [0.1, 0.15) is 31.1 Å². The highest BCUT2D eigenvalue weighted by Gasteiger charge is 2.33. The van der Waals surface area contributed by atoms with E-state index in [1.165, 1.54) is 10.9 Å². The normalized spacial score (nSPS) is 17.2. The molecule has 3 aromatic rings. The molecule has 2 atom stereocenters. The van der Waals surface area contributed by atoms with Crippen LogP contribution >= 0.6 is 0 Å². The average molecular weight is 484 g/mol. The van der Waals surface area contributed by atoms with Crippen LogP contribution < -0.4 is 14.8 Å². The summed E-state index contributed by atoms with van der Waals surface area (Å²) in [6.07, 6.45) is 2.52. The minimum Gasteiger partial charge on any atom is -0.492 e. The molecule has 4 rings (SSSR count). The van der Waals surface area contributed by atoms with Crippen LogP contribution in [0.5, 0.6) is 11.7 Å². The number of anilines is 1. The fourth-order valence-electron chi connectivity index (χ4n) is 3.48. The van der Waals surface area contributed by atoms with E-state index in [1.54, 1.807) is 31.1 Å². The van der Waals surface area contributed by atoms with Crippen molar-refractivity contribution in [2.45, 2.75) is 39.0 Å². The zero-order chi connectivity index (χ0) is 24.8. The summed E-state index contributed by atoms with van der Waals surface area (Å²) in [5, 5.41) is 10.7. The molecule has 1 saturated heterocycles. The number of benzene rings is 1. The van der Waals surface area contributed by atoms with E-state index >= 15 is 0 Å². The molecule has 1 aliphatic heterocycles. The van der Waals surface area contributed by atoms with Gasteiger partial charge in [0.15, 0.2) is 0 Å². The third kappa shape index (κ3) is 6.82. The van der Waals surface area contributed by atoms with Crippen molar-refractivity contribution in [1.82, 2.24) is 19.8 Å². The summed E-state index contributed by atoms with van der Waals surface area (Å²) < 4.78 is 23.4. The van der Waals surface area contributed by atoms with Crippen LogP contribution in [0.15, 0.2) is 47.2 Å². The number of nitrogens with zero attached hydrogens (tertiary/aromatic N) is 4. The molecule has 3 heterocycles. The van der Waals surface area contributed by atoms with E-state index in [0.717, 1.165) is 11.3 Å². The number of nitrogens with one attached hydrogen (secondary N) is 1. The first-order valence-corrected chi connectivity index (χ1v) is 11.3. The predicted molar refractivity (Wildman–Crippen MR) is 125 cm³/mol. The average Bonchev–Trinajstić information content (AvgIpc) is 3.57. The second kappa shape index (κ2) is 11.0. The Hall–Kier alpha value is -3.86. The van der Waals surface area contributed by atoms with Gasteiger partial charge < -0.3 is 29.0 Å². The minimum absolute atomic E-state index is 0.0450. The lowest BCUT2D eigenvalue weighted by atomic mass is 10.2. The lowest BCUT2D eigenvalue weighted by Gasteiger charge is -2.17. The molecule has 2 aromatic heterocycles. The van der Waals surface area contributed by atoms with Crippen molar-refractivity contribution in [3.63, 3.8) is 0 Å². The Labute approximate surface area is 202 Å². The van der Waals surface area contributed by atoms with Gasteiger partial charge in [-0.3, -0.25) is 14.3 Å². The first-order chi connectivity index (χ1) is 16.9. The minimum atomic E-state index is -0.659. The number of amides is 2. The molecule has 1 aromatic carbocycles. The number of hydrogen-bond acceptors (Lipinski definition) is 8. The number of likely N-dealkylation sites (N-methyl/N-ethyl adjacent to an activating group) is 1. The molecule has 2 unspecified atom stereocenters. The second-order valence-corrected chi connectivity index (χ2v) is 8.48. The van der Waals surface area contributed by atoms with Gasteiger partial charge in [-0.1, -0.05) is 22.9 Å². The van der Waals surface area contributed by atoms with Crippen LogP contribution in [0.25, 0.3) is 0 Å². The third-order valence-corrected chi connectivity index (χ3v) is 5.48. The van der Waals surface area contributed by atoms with Crippen molar-refractivity contribution in [2.24, 2.45) is 0 Å². The summed E-state index contributed by atoms with van der Waals surface area (Å²) in [6, 6.07) is 9.43. The number of carbonyl (C=O) groups is 2. The van der Waals surface area contributed by atoms with Crippen LogP contribution in [0, 0.1) is 13.8 Å². The van der Waals surface area contributed by atoms with Crippen molar-refractivity contribution in [3.8, 4) is 11.7 Å². The van der Waals surface area contributed by atoms with E-state index < -0.39 is 6.10 Å². The molecule has 1 aliphatic rings. The smallest absolute Gasteiger partial charge is 0.311 e. The Balaban J connectivity index is 1.18. The standard InChI is InChI=1S/C24H29N5O6/c1-16-4-6-19(7-5-16)32-9-8-28(3)22(30)14-29-13-18(12-25-29)26-24(31)21-11-20(15-33-21)34-23-10-17(2)27-35-23/h4-7,10,12-13,20-21H,8-9,11,14-15H2,1-3H3,(H,26,31). The molecule has 0 saturated carbocycles. The Morgan fingerprint density at radius 2 is 2.06 bits per heavy atom. The molecule has 11 nitrogen and oxygen atoms in total. The van der Waals surface area contributed by atoms with E-state index in [2.05, 4.69) is 15.6 Å². The number of ether oxygens (including phenoxy) is 3. The van der Waals surface area contributed by atoms with Gasteiger partial charge in [-0.15, -0.1) is 0 Å². The van der Waals surface area contributed by atoms with Crippen molar-refractivity contribution in [3.05, 3.63) is 54.0 Å². The number of hydrogen-bond donors (Lipinski definition) is 1. The highest BCUT2D eigenvalue weighted by atomic mass is 16.6. The molecule has 0 bridgehead atoms. The second-order valence-electron chi connectivity index (χ2n) is 8.48. The number of carbonyl (C=O) groups excluding carboxylic acids is 2. The maximum atomic E-state index is 12.6. The van der Waals surface area contributed by atoms with E-state index in [1.807, 2.05) is 31.2 Å². The highest BCUT2D eigenvalue weighted by Crippen LogP contribution is 2.22. The first kappa shape index (κ1) is 24.3. The fourth-order valence-corrected chi connectivity index (χ4v) is 3.48. The maximum Gasteiger partial charge on any atom is 0.311 e. The van der Waals surface area contributed by atoms with Crippen molar-refractivity contribution in [1.29, 1.82) is 0 Å². The van der Waals surface area contributed by atoms with E-state index in [4.69, 9.17) is 18.7 Å². The Morgan fingerprint density at radius 3 is 2.80 bits per heavy atom. The van der Waals surface area contributed by atoms with Crippen molar-refractivity contribution < 1.29 is 28.3 Å². The first-order valence-electron chi connectivity index (χ1n) is 11.3. The molecule has 0 spiro atoms. The molecule has 1 fully saturated rings. The summed E-state index contributed by atoms with van der Waals surface area (Å²) in [4.78, 5) is 26.6. The van der Waals surface area contributed by atoms with Gasteiger partial charge in [0.2, 0.25) is 5.91 Å². The Kier molecular flexibility index (Phi) is 7.66. The molecule has 1 N–H and O–H groups in total. The Morgan fingerprint density at radius 1 is 1.26 bits per heavy atom. The number of aromatic nitrogens is 3. The van der Waals surface area contributed by atoms with Crippen LogP contribution in [-0.4, -0.2) is 70.7 Å². The summed E-state index contributed by atoms with van der Waals surface area (Å²) in [6.45, 7) is 4.94. The van der Waals surface area contributed by atoms with Crippen LogP contribution in [0.4, 0.5) is 5.69 Å². The zero-order valence-corrected chi connectivity index (χ0v) is 20.0. The fraction of sp³-hybridized carbons (Fsp3) is 0.417. The van der Waals surface area contributed by atoms with Gasteiger partial charge in [-0.25, -0.2) is 0 Å². The summed E-state index contributed by atoms with van der Waals surface area (Å²) in [5.41, 5.74) is 2.35. The molecule has 35 heavy (non-hydrogen) atoms. The van der Waals surface area contributed by atoms with Gasteiger partial charge in [0.05, 0.1) is 30.7 Å². The lowest BCUT2D eigenvalue weighted by Crippen LogP contribution is -2.33. The molecule has 0 aliphatic carbocycles. The summed E-state index contributed by atoms with van der Waals surface area (Å²) in [7, 11) is 1.71. The maximum absolute atomic E-state index is 12.6. The SMILES string of the molecule is Cc1ccc(OCCN(C)C(=O)Cn2cc(NC(=O)C3CC(Oc4cc(C)no4)CO3)cn2)cc1. The lowest BCUT2D eigenvalue weighted by molar-refractivity contribution is -0.131. The molecule has 0 radical (unpaired) electrons. The van der Waals surface area contributed by atoms with Gasteiger partial charge in [0, 0.05) is 25.7 Å². The van der Waals surface area contributed by atoms with E-state index in [0.29, 0.717) is 36.9 Å². The highest BCUT2D eigenvalue weighted by molar-refractivity contribution is 5.94. The van der Waals surface area contributed by atoms with Crippen molar-refractivity contribution >= 4 is 17.5 Å². The van der Waals surface area contributed by atoms with Crippen LogP contribution in [0.3, 0.4) is 0 Å². The Bertz CT molecular complexity index is 1140. The van der Waals surface area contributed by atoms with Gasteiger partial charge >= 0.3 is 5.95 Å². The largest absolute Gasteiger partial charge is 0.492 e.